The fourth-order valence-electron chi connectivity index (χ4n) is 1.65. The normalized spacial score (nSPS) is 10.1. The molecule has 0 amide bonds. The number of carbonyl (C=O) groups is 1. The zero-order valence-corrected chi connectivity index (χ0v) is 9.18. The largest absolute Gasteiger partial charge is 0.291 e. The number of allylic oxidation sites excluding steroid dienone is 1. The van der Waals surface area contributed by atoms with Gasteiger partial charge in [-0.15, -0.1) is 0 Å². The predicted octanol–water partition coefficient (Wildman–Crippen LogP) is 3.15. The Morgan fingerprint density at radius 2 is 1.75 bits per heavy atom. The number of nitrogens with zero attached hydrogens (tertiary/aromatic N) is 1. The molecule has 0 saturated carbocycles. The van der Waals surface area contributed by atoms with E-state index in [2.05, 4.69) is 6.58 Å². The van der Waals surface area contributed by atoms with E-state index < -0.39 is 0 Å². The number of rotatable bonds is 2. The van der Waals surface area contributed by atoms with Gasteiger partial charge in [0.25, 0.3) is 5.91 Å². The summed E-state index contributed by atoms with van der Waals surface area (Å²) in [4.78, 5) is 12.0. The van der Waals surface area contributed by atoms with Crippen molar-refractivity contribution in [3.05, 3.63) is 66.5 Å². The number of aromatic nitrogens is 1. The van der Waals surface area contributed by atoms with Gasteiger partial charge < -0.3 is 0 Å². The molecule has 80 valence electrons. The van der Waals surface area contributed by atoms with E-state index >= 15 is 0 Å². The number of benzene rings is 1. The Kier molecular flexibility index (Phi) is 2.73. The van der Waals surface area contributed by atoms with Crippen molar-refractivity contribution in [2.24, 2.45) is 0 Å². The molecule has 0 aliphatic heterocycles. The van der Waals surface area contributed by atoms with Crippen LogP contribution in [-0.2, 0) is 0 Å². The highest BCUT2D eigenvalue weighted by Crippen LogP contribution is 2.18. The Morgan fingerprint density at radius 3 is 2.38 bits per heavy atom. The van der Waals surface area contributed by atoms with Gasteiger partial charge in [0.2, 0.25) is 0 Å². The predicted molar refractivity (Wildman–Crippen MR) is 65.3 cm³/mol. The van der Waals surface area contributed by atoms with Crippen LogP contribution >= 0.6 is 0 Å². The van der Waals surface area contributed by atoms with Gasteiger partial charge in [-0.05, 0) is 30.2 Å². The minimum Gasteiger partial charge on any atom is -0.291 e. The standard InChI is InChI=1S/C14H13NO/c1-11-7-3-4-8-13(11)12(2)14(16)15-9-5-6-10-15/h3-10H,2H2,1H3. The van der Waals surface area contributed by atoms with Crippen LogP contribution in [0.4, 0.5) is 0 Å². The summed E-state index contributed by atoms with van der Waals surface area (Å²) in [6.07, 6.45) is 3.46. The number of aryl methyl sites for hydroxylation is 1. The molecular weight excluding hydrogens is 198 g/mol. The van der Waals surface area contributed by atoms with Crippen LogP contribution in [0.5, 0.6) is 0 Å². The molecule has 0 fully saturated rings. The first-order valence-electron chi connectivity index (χ1n) is 5.13. The molecule has 0 spiro atoms. The first-order chi connectivity index (χ1) is 7.70. The second-order valence-electron chi connectivity index (χ2n) is 3.69. The van der Waals surface area contributed by atoms with Gasteiger partial charge in [0, 0.05) is 18.0 Å². The van der Waals surface area contributed by atoms with Crippen molar-refractivity contribution in [3.63, 3.8) is 0 Å². The van der Waals surface area contributed by atoms with Gasteiger partial charge in [0.05, 0.1) is 0 Å². The van der Waals surface area contributed by atoms with Crippen molar-refractivity contribution in [3.8, 4) is 0 Å². The van der Waals surface area contributed by atoms with E-state index in [9.17, 15) is 4.79 Å². The highest BCUT2D eigenvalue weighted by atomic mass is 16.2. The smallest absolute Gasteiger partial charge is 0.261 e. The maximum atomic E-state index is 12.0. The summed E-state index contributed by atoms with van der Waals surface area (Å²) in [5.41, 5.74) is 2.49. The molecule has 0 aliphatic carbocycles. The monoisotopic (exact) mass is 211 g/mol. The van der Waals surface area contributed by atoms with E-state index in [0.717, 1.165) is 11.1 Å². The van der Waals surface area contributed by atoms with E-state index in [-0.39, 0.29) is 5.91 Å². The van der Waals surface area contributed by atoms with Gasteiger partial charge in [-0.2, -0.15) is 0 Å². The average molecular weight is 211 g/mol. The van der Waals surface area contributed by atoms with Crippen LogP contribution in [-0.4, -0.2) is 10.5 Å². The summed E-state index contributed by atoms with van der Waals surface area (Å²) in [5.74, 6) is -0.0840. The first-order valence-corrected chi connectivity index (χ1v) is 5.13. The molecule has 0 unspecified atom stereocenters. The van der Waals surface area contributed by atoms with Crippen molar-refractivity contribution in [2.75, 3.05) is 0 Å². The van der Waals surface area contributed by atoms with E-state index in [1.165, 1.54) is 4.57 Å². The van der Waals surface area contributed by atoms with Crippen molar-refractivity contribution < 1.29 is 4.79 Å². The second kappa shape index (κ2) is 4.19. The molecule has 0 bridgehead atoms. The molecule has 0 radical (unpaired) electrons. The van der Waals surface area contributed by atoms with Gasteiger partial charge in [-0.3, -0.25) is 9.36 Å². The molecule has 1 heterocycles. The molecule has 1 aromatic carbocycles. The van der Waals surface area contributed by atoms with Crippen molar-refractivity contribution in [1.82, 2.24) is 4.57 Å². The summed E-state index contributed by atoms with van der Waals surface area (Å²) >= 11 is 0. The Morgan fingerprint density at radius 1 is 1.12 bits per heavy atom. The van der Waals surface area contributed by atoms with Crippen LogP contribution in [0.2, 0.25) is 0 Å². The lowest BCUT2D eigenvalue weighted by Crippen LogP contribution is -2.10. The van der Waals surface area contributed by atoms with Crippen LogP contribution in [0.15, 0.2) is 55.4 Å². The summed E-state index contributed by atoms with van der Waals surface area (Å²) in [7, 11) is 0. The van der Waals surface area contributed by atoms with E-state index in [1.807, 2.05) is 43.3 Å². The maximum Gasteiger partial charge on any atom is 0.261 e. The molecule has 2 aromatic rings. The molecule has 16 heavy (non-hydrogen) atoms. The van der Waals surface area contributed by atoms with Crippen LogP contribution in [0, 0.1) is 6.92 Å². The molecule has 2 rings (SSSR count). The average Bonchev–Trinajstić information content (AvgIpc) is 2.81. The van der Waals surface area contributed by atoms with Gasteiger partial charge >= 0.3 is 0 Å². The second-order valence-corrected chi connectivity index (χ2v) is 3.69. The Balaban J connectivity index is 2.34. The van der Waals surface area contributed by atoms with Crippen LogP contribution < -0.4 is 0 Å². The quantitative estimate of drug-likeness (QED) is 0.699. The minimum absolute atomic E-state index is 0.0840. The molecule has 2 heteroatoms. The molecule has 2 nitrogen and oxygen atoms in total. The van der Waals surface area contributed by atoms with Gasteiger partial charge in [0.1, 0.15) is 0 Å². The highest BCUT2D eigenvalue weighted by Gasteiger charge is 2.11. The van der Waals surface area contributed by atoms with Gasteiger partial charge in [-0.25, -0.2) is 0 Å². The zero-order valence-electron chi connectivity index (χ0n) is 9.18. The Bertz CT molecular complexity index is 523. The molecule has 0 saturated heterocycles. The number of hydrogen-bond donors (Lipinski definition) is 0. The van der Waals surface area contributed by atoms with Crippen LogP contribution in [0.3, 0.4) is 0 Å². The lowest BCUT2D eigenvalue weighted by atomic mass is 10.0. The fraction of sp³-hybridized carbons (Fsp3) is 0.0714. The summed E-state index contributed by atoms with van der Waals surface area (Å²) in [6, 6.07) is 11.4. The van der Waals surface area contributed by atoms with Crippen molar-refractivity contribution >= 4 is 11.5 Å². The summed E-state index contributed by atoms with van der Waals surface area (Å²) in [5, 5.41) is 0. The summed E-state index contributed by atoms with van der Waals surface area (Å²) in [6.45, 7) is 5.85. The third-order valence-electron chi connectivity index (χ3n) is 2.57. The zero-order chi connectivity index (χ0) is 11.5. The topological polar surface area (TPSA) is 22.0 Å². The lowest BCUT2D eigenvalue weighted by Gasteiger charge is -2.08. The van der Waals surface area contributed by atoms with E-state index in [4.69, 9.17) is 0 Å². The van der Waals surface area contributed by atoms with Crippen molar-refractivity contribution in [2.45, 2.75) is 6.92 Å². The number of hydrogen-bond acceptors (Lipinski definition) is 1. The fourth-order valence-corrected chi connectivity index (χ4v) is 1.65. The maximum absolute atomic E-state index is 12.0. The molecule has 1 aromatic heterocycles. The third-order valence-corrected chi connectivity index (χ3v) is 2.57. The summed E-state index contributed by atoms with van der Waals surface area (Å²) < 4.78 is 1.54. The SMILES string of the molecule is C=C(C(=O)n1cccc1)c1ccccc1C. The Hall–Kier alpha value is -2.09. The molecular formula is C14H13NO. The Labute approximate surface area is 94.8 Å². The van der Waals surface area contributed by atoms with Crippen LogP contribution in [0.1, 0.15) is 15.9 Å². The lowest BCUT2D eigenvalue weighted by molar-refractivity contribution is 0.0980. The first kappa shape index (κ1) is 10.4. The minimum atomic E-state index is -0.0840. The third kappa shape index (κ3) is 1.82. The molecule has 0 N–H and O–H groups in total. The molecule has 0 aliphatic rings. The van der Waals surface area contributed by atoms with E-state index in [0.29, 0.717) is 5.57 Å². The molecule has 0 atom stereocenters. The van der Waals surface area contributed by atoms with Gasteiger partial charge in [0.15, 0.2) is 0 Å². The number of carbonyl (C=O) groups excluding carboxylic acids is 1. The van der Waals surface area contributed by atoms with E-state index in [1.54, 1.807) is 12.4 Å². The van der Waals surface area contributed by atoms with Crippen LogP contribution in [0.25, 0.3) is 5.57 Å². The van der Waals surface area contributed by atoms with Gasteiger partial charge in [-0.1, -0.05) is 30.8 Å². The van der Waals surface area contributed by atoms with Crippen molar-refractivity contribution in [1.29, 1.82) is 0 Å². The highest BCUT2D eigenvalue weighted by molar-refractivity contribution is 6.20.